The fraction of sp³-hybridized carbons (Fsp3) is 0.0909. The molecule has 0 saturated carbocycles. The molecule has 0 heterocycles. The van der Waals surface area contributed by atoms with Gasteiger partial charge in [0.1, 0.15) is 5.82 Å². The summed E-state index contributed by atoms with van der Waals surface area (Å²) in [6.45, 7) is 1.75. The number of benzene rings is 3. The van der Waals surface area contributed by atoms with Gasteiger partial charge in [-0.15, -0.1) is 11.8 Å². The second-order valence-corrected chi connectivity index (χ2v) is 7.60. The van der Waals surface area contributed by atoms with Crippen molar-refractivity contribution >= 4 is 40.6 Å². The second kappa shape index (κ2) is 9.86. The monoisotopic (exact) mass is 439 g/mol. The van der Waals surface area contributed by atoms with Gasteiger partial charge >= 0.3 is 0 Å². The van der Waals surface area contributed by atoms with Crippen LogP contribution < -0.4 is 10.6 Å². The maximum Gasteiger partial charge on any atom is 0.271 e. The molecule has 0 aromatic heterocycles. The molecule has 0 bridgehead atoms. The average Bonchev–Trinajstić information content (AvgIpc) is 2.75. The summed E-state index contributed by atoms with van der Waals surface area (Å²) in [6, 6.07) is 16.8. The van der Waals surface area contributed by atoms with Crippen molar-refractivity contribution in [1.82, 2.24) is 0 Å². The number of thioether (sulfide) groups is 1. The molecule has 0 fully saturated rings. The van der Waals surface area contributed by atoms with Gasteiger partial charge in [-0.3, -0.25) is 19.7 Å². The molecule has 3 aromatic rings. The Morgan fingerprint density at radius 2 is 1.74 bits per heavy atom. The lowest BCUT2D eigenvalue weighted by Crippen LogP contribution is -2.15. The number of halogens is 1. The molecule has 31 heavy (non-hydrogen) atoms. The summed E-state index contributed by atoms with van der Waals surface area (Å²) in [6.07, 6.45) is 0. The zero-order valence-corrected chi connectivity index (χ0v) is 17.2. The molecule has 0 radical (unpaired) electrons. The Morgan fingerprint density at radius 1 is 1.03 bits per heavy atom. The van der Waals surface area contributed by atoms with E-state index in [9.17, 15) is 24.1 Å². The summed E-state index contributed by atoms with van der Waals surface area (Å²) in [7, 11) is 0. The first-order valence-electron chi connectivity index (χ1n) is 9.17. The van der Waals surface area contributed by atoms with Crippen molar-refractivity contribution < 1.29 is 18.9 Å². The highest BCUT2D eigenvalue weighted by Crippen LogP contribution is 2.24. The van der Waals surface area contributed by atoms with Crippen molar-refractivity contribution in [3.05, 3.63) is 93.8 Å². The van der Waals surface area contributed by atoms with E-state index < -0.39 is 16.6 Å². The predicted molar refractivity (Wildman–Crippen MR) is 118 cm³/mol. The van der Waals surface area contributed by atoms with Gasteiger partial charge in [-0.2, -0.15) is 0 Å². The Kier molecular flexibility index (Phi) is 6.99. The SMILES string of the molecule is Cc1ccc([N+](=O)[O-])cc1NC(=O)CSc1ccc(NC(=O)c2ccccc2F)cc1. The summed E-state index contributed by atoms with van der Waals surface area (Å²) in [5, 5.41) is 16.2. The predicted octanol–water partition coefficient (Wildman–Crippen LogP) is 5.03. The first-order valence-corrected chi connectivity index (χ1v) is 10.2. The number of rotatable bonds is 7. The summed E-state index contributed by atoms with van der Waals surface area (Å²) >= 11 is 1.27. The summed E-state index contributed by atoms with van der Waals surface area (Å²) in [5.41, 5.74) is 1.47. The van der Waals surface area contributed by atoms with Crippen molar-refractivity contribution in [2.45, 2.75) is 11.8 Å². The van der Waals surface area contributed by atoms with Crippen LogP contribution in [0.4, 0.5) is 21.5 Å². The highest BCUT2D eigenvalue weighted by molar-refractivity contribution is 8.00. The number of anilines is 2. The van der Waals surface area contributed by atoms with Crippen LogP contribution in [0, 0.1) is 22.9 Å². The molecule has 2 amide bonds. The fourth-order valence-corrected chi connectivity index (χ4v) is 3.37. The van der Waals surface area contributed by atoms with E-state index in [-0.39, 0.29) is 22.9 Å². The van der Waals surface area contributed by atoms with Crippen molar-refractivity contribution in [2.75, 3.05) is 16.4 Å². The number of carbonyl (C=O) groups is 2. The Bertz CT molecular complexity index is 1140. The van der Waals surface area contributed by atoms with Gasteiger partial charge in [-0.25, -0.2) is 4.39 Å². The lowest BCUT2D eigenvalue weighted by atomic mass is 10.2. The van der Waals surface area contributed by atoms with Gasteiger partial charge in [0.2, 0.25) is 5.91 Å². The molecule has 0 aliphatic heterocycles. The van der Waals surface area contributed by atoms with Crippen LogP contribution in [0.2, 0.25) is 0 Å². The highest BCUT2D eigenvalue weighted by Gasteiger charge is 2.13. The minimum Gasteiger partial charge on any atom is -0.325 e. The third kappa shape index (κ3) is 5.89. The van der Waals surface area contributed by atoms with Crippen LogP contribution in [0.15, 0.2) is 71.6 Å². The zero-order valence-electron chi connectivity index (χ0n) is 16.4. The van der Waals surface area contributed by atoms with E-state index in [1.165, 1.54) is 42.1 Å². The zero-order chi connectivity index (χ0) is 22.4. The maximum absolute atomic E-state index is 13.7. The quantitative estimate of drug-likeness (QED) is 0.306. The van der Waals surface area contributed by atoms with Crippen molar-refractivity contribution in [1.29, 1.82) is 0 Å². The number of nitrogens with zero attached hydrogens (tertiary/aromatic N) is 1. The Hall–Kier alpha value is -3.72. The van der Waals surface area contributed by atoms with Crippen LogP contribution in [0.25, 0.3) is 0 Å². The van der Waals surface area contributed by atoms with E-state index in [1.54, 1.807) is 43.3 Å². The number of nitro benzene ring substituents is 1. The Balaban J connectivity index is 1.55. The molecular formula is C22H18FN3O4S. The van der Waals surface area contributed by atoms with Gasteiger partial charge in [0, 0.05) is 22.7 Å². The normalized spacial score (nSPS) is 10.4. The van der Waals surface area contributed by atoms with Gasteiger partial charge in [0.25, 0.3) is 11.6 Å². The third-order valence-corrected chi connectivity index (χ3v) is 5.32. The molecule has 0 unspecified atom stereocenters. The molecule has 0 aliphatic carbocycles. The van der Waals surface area contributed by atoms with Crippen molar-refractivity contribution in [3.63, 3.8) is 0 Å². The van der Waals surface area contributed by atoms with Gasteiger partial charge in [0.15, 0.2) is 0 Å². The van der Waals surface area contributed by atoms with Gasteiger partial charge in [-0.05, 0) is 48.9 Å². The number of nitrogens with one attached hydrogen (secondary N) is 2. The lowest BCUT2D eigenvalue weighted by molar-refractivity contribution is -0.384. The minimum atomic E-state index is -0.600. The first kappa shape index (κ1) is 22.0. The average molecular weight is 439 g/mol. The number of carbonyl (C=O) groups excluding carboxylic acids is 2. The number of hydrogen-bond acceptors (Lipinski definition) is 5. The highest BCUT2D eigenvalue weighted by atomic mass is 32.2. The first-order chi connectivity index (χ1) is 14.8. The van der Waals surface area contributed by atoms with Crippen molar-refractivity contribution in [2.24, 2.45) is 0 Å². The molecule has 3 aromatic carbocycles. The molecule has 0 aliphatic rings. The topological polar surface area (TPSA) is 101 Å². The molecule has 0 spiro atoms. The standard InChI is InChI=1S/C22H18FN3O4S/c1-14-6-9-16(26(29)30)12-20(14)25-21(27)13-31-17-10-7-15(8-11-17)24-22(28)18-4-2-3-5-19(18)23/h2-12H,13H2,1H3,(H,24,28)(H,25,27). The Morgan fingerprint density at radius 3 is 2.42 bits per heavy atom. The van der Waals surface area contributed by atoms with E-state index in [1.807, 2.05) is 0 Å². The number of nitro groups is 1. The number of non-ortho nitro benzene ring substituents is 1. The second-order valence-electron chi connectivity index (χ2n) is 6.55. The molecule has 0 atom stereocenters. The third-order valence-electron chi connectivity index (χ3n) is 4.31. The van der Waals surface area contributed by atoms with E-state index in [4.69, 9.17) is 0 Å². The van der Waals surface area contributed by atoms with E-state index in [2.05, 4.69) is 10.6 Å². The summed E-state index contributed by atoms with van der Waals surface area (Å²) in [4.78, 5) is 35.5. The van der Waals surface area contributed by atoms with E-state index in [0.717, 1.165) is 10.5 Å². The van der Waals surface area contributed by atoms with Gasteiger partial charge < -0.3 is 10.6 Å². The molecule has 7 nitrogen and oxygen atoms in total. The smallest absolute Gasteiger partial charge is 0.271 e. The van der Waals surface area contributed by atoms with Crippen LogP contribution in [-0.4, -0.2) is 22.5 Å². The summed E-state index contributed by atoms with van der Waals surface area (Å²) in [5.74, 6) is -1.35. The molecule has 3 rings (SSSR count). The van der Waals surface area contributed by atoms with Crippen LogP contribution in [0.3, 0.4) is 0 Å². The van der Waals surface area contributed by atoms with Crippen LogP contribution in [-0.2, 0) is 4.79 Å². The molecule has 2 N–H and O–H groups in total. The van der Waals surface area contributed by atoms with E-state index >= 15 is 0 Å². The molecule has 158 valence electrons. The largest absolute Gasteiger partial charge is 0.325 e. The van der Waals surface area contributed by atoms with E-state index in [0.29, 0.717) is 11.4 Å². The fourth-order valence-electron chi connectivity index (χ4n) is 2.67. The van der Waals surface area contributed by atoms with Crippen LogP contribution >= 0.6 is 11.8 Å². The molecular weight excluding hydrogens is 421 g/mol. The number of aryl methyl sites for hydroxylation is 1. The van der Waals surface area contributed by atoms with Gasteiger partial charge in [0.05, 0.1) is 21.9 Å². The molecule has 9 heteroatoms. The van der Waals surface area contributed by atoms with Crippen LogP contribution in [0.1, 0.15) is 15.9 Å². The number of amides is 2. The number of hydrogen-bond donors (Lipinski definition) is 2. The Labute approximate surface area is 181 Å². The molecule has 0 saturated heterocycles. The minimum absolute atomic E-state index is 0.0472. The maximum atomic E-state index is 13.7. The van der Waals surface area contributed by atoms with Gasteiger partial charge in [-0.1, -0.05) is 18.2 Å². The lowest BCUT2D eigenvalue weighted by Gasteiger charge is -2.09. The summed E-state index contributed by atoms with van der Waals surface area (Å²) < 4.78 is 13.7. The van der Waals surface area contributed by atoms with Crippen LogP contribution in [0.5, 0.6) is 0 Å². The van der Waals surface area contributed by atoms with Crippen molar-refractivity contribution in [3.8, 4) is 0 Å².